The zero-order chi connectivity index (χ0) is 24.6. The zero-order valence-corrected chi connectivity index (χ0v) is 21.3. The number of aliphatic hydroxyl groups is 1. The lowest BCUT2D eigenvalue weighted by Crippen LogP contribution is -2.54. The molecule has 0 bridgehead atoms. The molecule has 0 aliphatic heterocycles. The van der Waals surface area contributed by atoms with Gasteiger partial charge in [-0.05, 0) is 109 Å². The summed E-state index contributed by atoms with van der Waals surface area (Å²) >= 11 is 5.28. The summed E-state index contributed by atoms with van der Waals surface area (Å²) in [6, 6.07) is 16.1. The van der Waals surface area contributed by atoms with Gasteiger partial charge in [0.1, 0.15) is 5.75 Å². The Hall–Kier alpha value is -2.64. The van der Waals surface area contributed by atoms with Crippen LogP contribution in [0.5, 0.6) is 5.75 Å². The number of ether oxygens (including phenoxy) is 1. The SMILES string of the molecule is COc1ccc2c(c1)CC[C@@H]1[C@@H]2CC[C@@]2(C)[C@H]1CC[C@@]2(O)CC(=O)NNC(=S)Nc1ccccc1. The van der Waals surface area contributed by atoms with Crippen LogP contribution in [0.4, 0.5) is 5.69 Å². The predicted molar refractivity (Wildman–Crippen MR) is 141 cm³/mol. The summed E-state index contributed by atoms with van der Waals surface area (Å²) in [5.41, 5.74) is 7.89. The normalized spacial score (nSPS) is 30.9. The average Bonchev–Trinajstić information content (AvgIpc) is 3.13. The molecule has 6 nitrogen and oxygen atoms in total. The Bertz CT molecular complexity index is 1110. The highest BCUT2D eigenvalue weighted by Gasteiger charge is 2.61. The molecule has 0 spiro atoms. The third kappa shape index (κ3) is 4.40. The molecule has 1 amide bonds. The number of para-hydroxylation sites is 1. The second-order valence-corrected chi connectivity index (χ2v) is 11.1. The van der Waals surface area contributed by atoms with Crippen molar-refractivity contribution in [3.05, 3.63) is 59.7 Å². The molecule has 186 valence electrons. The standard InChI is InChI=1S/C28H35N3O3S/c1-27-14-12-22-21-11-9-20(34-2)16-18(21)8-10-23(22)24(27)13-15-28(27,33)17-25(32)30-31-26(35)29-19-6-4-3-5-7-19/h3-7,9,11,16,22-24,33H,8,10,12-15,17H2,1-2H3,(H,30,32)(H2,29,31,35)/t22-,23-,24+,27+,28-/m1/s1. The highest BCUT2D eigenvalue weighted by atomic mass is 32.1. The van der Waals surface area contributed by atoms with Crippen molar-refractivity contribution < 1.29 is 14.6 Å². The Morgan fingerprint density at radius 2 is 1.91 bits per heavy atom. The average molecular weight is 494 g/mol. The maximum absolute atomic E-state index is 12.9. The highest BCUT2D eigenvalue weighted by Crippen LogP contribution is 2.65. The van der Waals surface area contributed by atoms with Crippen molar-refractivity contribution in [2.75, 3.05) is 12.4 Å². The van der Waals surface area contributed by atoms with Gasteiger partial charge in [-0.3, -0.25) is 15.6 Å². The minimum absolute atomic E-state index is 0.0755. The Morgan fingerprint density at radius 1 is 1.11 bits per heavy atom. The van der Waals surface area contributed by atoms with Crippen LogP contribution in [0.3, 0.4) is 0 Å². The summed E-state index contributed by atoms with van der Waals surface area (Å²) in [5.74, 6) is 2.18. The topological polar surface area (TPSA) is 82.6 Å². The number of aryl methyl sites for hydroxylation is 1. The van der Waals surface area contributed by atoms with Crippen LogP contribution in [0.15, 0.2) is 48.5 Å². The molecule has 2 aromatic carbocycles. The van der Waals surface area contributed by atoms with Gasteiger partial charge in [-0.2, -0.15) is 0 Å². The van der Waals surface area contributed by atoms with Crippen molar-refractivity contribution in [3.63, 3.8) is 0 Å². The molecule has 2 saturated carbocycles. The molecule has 0 radical (unpaired) electrons. The number of anilines is 1. The summed E-state index contributed by atoms with van der Waals surface area (Å²) in [6.45, 7) is 2.22. The molecule has 3 aliphatic rings. The van der Waals surface area contributed by atoms with E-state index < -0.39 is 5.60 Å². The molecule has 2 aromatic rings. The number of carbonyl (C=O) groups is 1. The summed E-state index contributed by atoms with van der Waals surface area (Å²) in [6.07, 6.45) is 5.86. The third-order valence-corrected chi connectivity index (χ3v) is 9.26. The van der Waals surface area contributed by atoms with E-state index in [2.05, 4.69) is 41.3 Å². The second kappa shape index (κ2) is 9.43. The predicted octanol–water partition coefficient (Wildman–Crippen LogP) is 4.69. The smallest absolute Gasteiger partial charge is 0.241 e. The fourth-order valence-electron chi connectivity index (χ4n) is 7.21. The van der Waals surface area contributed by atoms with Crippen molar-refractivity contribution in [1.29, 1.82) is 0 Å². The van der Waals surface area contributed by atoms with Crippen LogP contribution in [0.1, 0.15) is 62.5 Å². The van der Waals surface area contributed by atoms with E-state index in [-0.39, 0.29) is 17.7 Å². The minimum Gasteiger partial charge on any atom is -0.497 e. The van der Waals surface area contributed by atoms with Crippen LogP contribution in [-0.2, 0) is 11.2 Å². The van der Waals surface area contributed by atoms with Crippen molar-refractivity contribution >= 4 is 28.9 Å². The van der Waals surface area contributed by atoms with Gasteiger partial charge in [0.25, 0.3) is 0 Å². The number of rotatable bonds is 4. The summed E-state index contributed by atoms with van der Waals surface area (Å²) in [4.78, 5) is 12.9. The van der Waals surface area contributed by atoms with E-state index in [1.807, 2.05) is 30.3 Å². The zero-order valence-electron chi connectivity index (χ0n) is 20.5. The van der Waals surface area contributed by atoms with Gasteiger partial charge < -0.3 is 15.2 Å². The minimum atomic E-state index is -1.01. The molecule has 0 saturated heterocycles. The number of amides is 1. The quantitative estimate of drug-likeness (QED) is 0.365. The number of methoxy groups -OCH3 is 1. The van der Waals surface area contributed by atoms with E-state index in [0.29, 0.717) is 29.3 Å². The number of hydrogen-bond donors (Lipinski definition) is 4. The van der Waals surface area contributed by atoms with Gasteiger partial charge in [0, 0.05) is 5.69 Å². The molecule has 3 aliphatic carbocycles. The number of benzene rings is 2. The first-order valence-electron chi connectivity index (χ1n) is 12.6. The molecule has 5 rings (SSSR count). The number of hydrazine groups is 1. The van der Waals surface area contributed by atoms with Crippen LogP contribution in [0.2, 0.25) is 0 Å². The lowest BCUT2D eigenvalue weighted by Gasteiger charge is -2.53. The van der Waals surface area contributed by atoms with Crippen molar-refractivity contribution in [2.24, 2.45) is 17.3 Å². The lowest BCUT2D eigenvalue weighted by atomic mass is 9.53. The van der Waals surface area contributed by atoms with Gasteiger partial charge in [0.05, 0.1) is 19.1 Å². The van der Waals surface area contributed by atoms with Gasteiger partial charge in [-0.25, -0.2) is 0 Å². The van der Waals surface area contributed by atoms with Crippen molar-refractivity contribution in [2.45, 2.75) is 63.4 Å². The Kier molecular flexibility index (Phi) is 6.49. The van der Waals surface area contributed by atoms with E-state index in [0.717, 1.165) is 43.5 Å². The largest absolute Gasteiger partial charge is 0.497 e. The summed E-state index contributed by atoms with van der Waals surface area (Å²) in [7, 11) is 1.72. The first-order chi connectivity index (χ1) is 16.8. The van der Waals surface area contributed by atoms with Crippen molar-refractivity contribution in [1.82, 2.24) is 10.9 Å². The van der Waals surface area contributed by atoms with Gasteiger partial charge in [-0.15, -0.1) is 0 Å². The fourth-order valence-corrected chi connectivity index (χ4v) is 7.38. The van der Waals surface area contributed by atoms with Crippen LogP contribution in [-0.4, -0.2) is 28.8 Å². The highest BCUT2D eigenvalue weighted by molar-refractivity contribution is 7.80. The molecule has 5 atom stereocenters. The van der Waals surface area contributed by atoms with Gasteiger partial charge in [-0.1, -0.05) is 31.2 Å². The number of thiocarbonyl (C=S) groups is 1. The van der Waals surface area contributed by atoms with E-state index in [1.165, 1.54) is 11.1 Å². The lowest BCUT2D eigenvalue weighted by molar-refractivity contribution is -0.140. The molecule has 4 N–H and O–H groups in total. The molecule has 0 aromatic heterocycles. The Morgan fingerprint density at radius 3 is 2.69 bits per heavy atom. The van der Waals surface area contributed by atoms with Gasteiger partial charge >= 0.3 is 0 Å². The first-order valence-corrected chi connectivity index (χ1v) is 13.0. The maximum Gasteiger partial charge on any atom is 0.241 e. The monoisotopic (exact) mass is 493 g/mol. The number of hydrogen-bond acceptors (Lipinski definition) is 4. The van der Waals surface area contributed by atoms with Crippen LogP contribution < -0.4 is 20.9 Å². The molecule has 35 heavy (non-hydrogen) atoms. The van der Waals surface area contributed by atoms with E-state index >= 15 is 0 Å². The van der Waals surface area contributed by atoms with E-state index in [9.17, 15) is 9.90 Å². The fraction of sp³-hybridized carbons (Fsp3) is 0.500. The molecule has 7 heteroatoms. The summed E-state index contributed by atoms with van der Waals surface area (Å²) in [5, 5.41) is 15.2. The number of carbonyl (C=O) groups excluding carboxylic acids is 1. The van der Waals surface area contributed by atoms with Gasteiger partial charge in [0.2, 0.25) is 5.91 Å². The Labute approximate surface area is 212 Å². The molecular formula is C28H35N3O3S. The number of fused-ring (bicyclic) bond motifs is 5. The molecule has 0 heterocycles. The third-order valence-electron chi connectivity index (χ3n) is 9.06. The van der Waals surface area contributed by atoms with Crippen LogP contribution in [0, 0.1) is 17.3 Å². The van der Waals surface area contributed by atoms with Gasteiger partial charge in [0.15, 0.2) is 5.11 Å². The van der Waals surface area contributed by atoms with E-state index in [1.54, 1.807) is 7.11 Å². The van der Waals surface area contributed by atoms with Crippen LogP contribution in [0.25, 0.3) is 0 Å². The maximum atomic E-state index is 12.9. The Balaban J connectivity index is 1.23. The molecule has 2 fully saturated rings. The summed E-state index contributed by atoms with van der Waals surface area (Å²) < 4.78 is 5.44. The number of nitrogens with one attached hydrogen (secondary N) is 3. The first kappa shape index (κ1) is 24.1. The van der Waals surface area contributed by atoms with Crippen molar-refractivity contribution in [3.8, 4) is 5.75 Å². The van der Waals surface area contributed by atoms with E-state index in [4.69, 9.17) is 17.0 Å². The molecule has 0 unspecified atom stereocenters. The van der Waals surface area contributed by atoms with Crippen LogP contribution >= 0.6 is 12.2 Å². The second-order valence-electron chi connectivity index (χ2n) is 10.7. The molecular weight excluding hydrogens is 458 g/mol.